The van der Waals surface area contributed by atoms with Crippen molar-refractivity contribution in [2.45, 2.75) is 71.6 Å². The number of carbonyl (C=O) groups is 1. The fraction of sp³-hybridized carbons (Fsp3) is 0.773. The molecule has 0 radical (unpaired) electrons. The van der Waals surface area contributed by atoms with Gasteiger partial charge in [-0.05, 0) is 68.6 Å². The van der Waals surface area contributed by atoms with Crippen molar-refractivity contribution in [3.63, 3.8) is 0 Å². The Morgan fingerprint density at radius 3 is 3.00 bits per heavy atom. The molecule has 0 aromatic carbocycles. The second-order valence-electron chi connectivity index (χ2n) is 9.21. The molecule has 5 heteroatoms. The minimum Gasteiger partial charge on any atom is -0.356 e. The van der Waals surface area contributed by atoms with E-state index in [-0.39, 0.29) is 11.3 Å². The van der Waals surface area contributed by atoms with Gasteiger partial charge in [-0.15, -0.1) is 5.10 Å². The molecule has 0 spiro atoms. The van der Waals surface area contributed by atoms with E-state index in [4.69, 9.17) is 0 Å². The summed E-state index contributed by atoms with van der Waals surface area (Å²) in [6.07, 6.45) is 16.7. The Bertz CT molecular complexity index is 682. The van der Waals surface area contributed by atoms with Crippen LogP contribution in [0.5, 0.6) is 0 Å². The first-order valence-electron chi connectivity index (χ1n) is 11.0. The molecule has 5 nitrogen and oxygen atoms in total. The summed E-state index contributed by atoms with van der Waals surface area (Å²) < 4.78 is 2.00. The highest BCUT2D eigenvalue weighted by atomic mass is 16.1. The molecule has 1 saturated heterocycles. The zero-order valence-electron chi connectivity index (χ0n) is 16.9. The van der Waals surface area contributed by atoms with Gasteiger partial charge in [-0.3, -0.25) is 4.79 Å². The molecule has 2 aliphatic carbocycles. The number of nitrogens with one attached hydrogen (secondary N) is 1. The van der Waals surface area contributed by atoms with Crippen LogP contribution in [0.4, 0.5) is 0 Å². The lowest BCUT2D eigenvalue weighted by atomic mass is 9.57. The monoisotopic (exact) mass is 370 g/mol. The van der Waals surface area contributed by atoms with Gasteiger partial charge in [0.2, 0.25) is 5.91 Å². The number of carbonyl (C=O) groups excluding carboxylic acids is 1. The second-order valence-corrected chi connectivity index (χ2v) is 9.21. The predicted molar refractivity (Wildman–Crippen MR) is 107 cm³/mol. The van der Waals surface area contributed by atoms with Crippen LogP contribution in [0.25, 0.3) is 5.70 Å². The number of hydrogen-bond donors (Lipinski definition) is 1. The van der Waals surface area contributed by atoms with Crippen LogP contribution in [0.15, 0.2) is 18.5 Å². The molecule has 0 bridgehead atoms. The maximum Gasteiger partial charge on any atom is 0.220 e. The molecule has 148 valence electrons. The van der Waals surface area contributed by atoms with Crippen LogP contribution in [0.1, 0.15) is 71.6 Å². The van der Waals surface area contributed by atoms with Gasteiger partial charge in [0.1, 0.15) is 0 Å². The van der Waals surface area contributed by atoms with Crippen molar-refractivity contribution in [2.24, 2.45) is 29.1 Å². The summed E-state index contributed by atoms with van der Waals surface area (Å²) in [6, 6.07) is 0. The SMILES string of the molecule is CC[C@H]1CC[C@]2(C)C(n3ccnn3)=CC[C@H]2[C@@H]1CC[C@@H]1CCCNC(=O)C1. The Kier molecular flexibility index (Phi) is 5.38. The first kappa shape index (κ1) is 18.7. The first-order chi connectivity index (χ1) is 13.1. The van der Waals surface area contributed by atoms with Crippen molar-refractivity contribution < 1.29 is 4.79 Å². The van der Waals surface area contributed by atoms with Crippen molar-refractivity contribution in [1.29, 1.82) is 0 Å². The number of nitrogens with zero attached hydrogens (tertiary/aromatic N) is 3. The van der Waals surface area contributed by atoms with E-state index < -0.39 is 0 Å². The summed E-state index contributed by atoms with van der Waals surface area (Å²) in [6.45, 7) is 5.68. The predicted octanol–water partition coefficient (Wildman–Crippen LogP) is 4.28. The van der Waals surface area contributed by atoms with E-state index in [0.29, 0.717) is 11.8 Å². The summed E-state index contributed by atoms with van der Waals surface area (Å²) >= 11 is 0. The third-order valence-electron chi connectivity index (χ3n) is 7.81. The topological polar surface area (TPSA) is 59.8 Å². The summed E-state index contributed by atoms with van der Waals surface area (Å²) in [4.78, 5) is 11.9. The Morgan fingerprint density at radius 1 is 1.33 bits per heavy atom. The van der Waals surface area contributed by atoms with E-state index in [2.05, 4.69) is 35.6 Å². The molecule has 1 saturated carbocycles. The Hall–Kier alpha value is -1.65. The van der Waals surface area contributed by atoms with E-state index >= 15 is 0 Å². The minimum absolute atomic E-state index is 0.213. The molecule has 27 heavy (non-hydrogen) atoms. The quantitative estimate of drug-likeness (QED) is 0.841. The molecule has 5 atom stereocenters. The van der Waals surface area contributed by atoms with Gasteiger partial charge in [0, 0.05) is 24.1 Å². The number of rotatable bonds is 5. The standard InChI is InChI=1S/C22H34N4O/c1-3-17-10-11-22(2)19(8-9-20(22)26-14-13-24-25-26)18(17)7-6-16-5-4-12-23-21(27)15-16/h9,13-14,16-19H,3-8,10-12,15H2,1-2H3,(H,23,27)/t16-,17-,18+,19-,22-/m0/s1. The highest BCUT2D eigenvalue weighted by Crippen LogP contribution is 2.59. The normalized spacial score (nSPS) is 36.7. The summed E-state index contributed by atoms with van der Waals surface area (Å²) in [5.41, 5.74) is 1.57. The lowest BCUT2D eigenvalue weighted by Crippen LogP contribution is -2.40. The fourth-order valence-electron chi connectivity index (χ4n) is 6.28. The Labute approximate surface area is 163 Å². The number of amides is 1. The van der Waals surface area contributed by atoms with Crippen LogP contribution in [0, 0.1) is 29.1 Å². The van der Waals surface area contributed by atoms with E-state index in [1.165, 1.54) is 44.2 Å². The molecule has 2 heterocycles. The number of hydrogen-bond acceptors (Lipinski definition) is 3. The molecular formula is C22H34N4O. The van der Waals surface area contributed by atoms with E-state index in [1.54, 1.807) is 6.20 Å². The molecule has 3 aliphatic rings. The average Bonchev–Trinajstić information content (AvgIpc) is 3.24. The average molecular weight is 371 g/mol. The molecule has 1 aliphatic heterocycles. The smallest absolute Gasteiger partial charge is 0.220 e. The molecule has 1 amide bonds. The van der Waals surface area contributed by atoms with Gasteiger partial charge in [0.05, 0.1) is 12.4 Å². The van der Waals surface area contributed by atoms with Gasteiger partial charge < -0.3 is 5.32 Å². The number of fused-ring (bicyclic) bond motifs is 1. The Morgan fingerprint density at radius 2 is 2.22 bits per heavy atom. The van der Waals surface area contributed by atoms with Crippen LogP contribution in [-0.2, 0) is 4.79 Å². The first-order valence-corrected chi connectivity index (χ1v) is 11.0. The van der Waals surface area contributed by atoms with E-state index in [1.807, 2.05) is 10.9 Å². The van der Waals surface area contributed by atoms with Gasteiger partial charge >= 0.3 is 0 Å². The second kappa shape index (κ2) is 7.76. The molecule has 0 unspecified atom stereocenters. The van der Waals surface area contributed by atoms with Crippen LogP contribution < -0.4 is 5.32 Å². The molecule has 2 fully saturated rings. The highest BCUT2D eigenvalue weighted by molar-refractivity contribution is 5.76. The van der Waals surface area contributed by atoms with Gasteiger partial charge in [-0.2, -0.15) is 0 Å². The Balaban J connectivity index is 1.48. The summed E-state index contributed by atoms with van der Waals surface area (Å²) in [7, 11) is 0. The highest BCUT2D eigenvalue weighted by Gasteiger charge is 2.50. The van der Waals surface area contributed by atoms with E-state index in [0.717, 1.165) is 37.6 Å². The van der Waals surface area contributed by atoms with Crippen molar-refractivity contribution >= 4 is 11.6 Å². The van der Waals surface area contributed by atoms with Crippen molar-refractivity contribution in [3.05, 3.63) is 18.5 Å². The zero-order chi connectivity index (χ0) is 18.9. The third-order valence-corrected chi connectivity index (χ3v) is 7.81. The van der Waals surface area contributed by atoms with Crippen LogP contribution in [0.3, 0.4) is 0 Å². The summed E-state index contributed by atoms with van der Waals surface area (Å²) in [5.74, 6) is 3.12. The van der Waals surface area contributed by atoms with Gasteiger partial charge in [-0.1, -0.05) is 31.6 Å². The van der Waals surface area contributed by atoms with Gasteiger partial charge in [-0.25, -0.2) is 4.68 Å². The number of aromatic nitrogens is 3. The maximum atomic E-state index is 11.9. The summed E-state index contributed by atoms with van der Waals surface area (Å²) in [5, 5.41) is 11.4. The molecule has 1 aromatic heterocycles. The van der Waals surface area contributed by atoms with Gasteiger partial charge in [0.25, 0.3) is 0 Å². The van der Waals surface area contributed by atoms with Crippen LogP contribution >= 0.6 is 0 Å². The zero-order valence-corrected chi connectivity index (χ0v) is 16.9. The van der Waals surface area contributed by atoms with Crippen LogP contribution in [-0.4, -0.2) is 27.4 Å². The minimum atomic E-state index is 0.213. The van der Waals surface area contributed by atoms with Crippen molar-refractivity contribution in [3.8, 4) is 0 Å². The lowest BCUT2D eigenvalue weighted by Gasteiger charge is -2.48. The van der Waals surface area contributed by atoms with Crippen molar-refractivity contribution in [1.82, 2.24) is 20.3 Å². The third kappa shape index (κ3) is 3.57. The fourth-order valence-corrected chi connectivity index (χ4v) is 6.28. The van der Waals surface area contributed by atoms with Crippen molar-refractivity contribution in [2.75, 3.05) is 6.54 Å². The molecule has 1 aromatic rings. The molecule has 4 rings (SSSR count). The maximum absolute atomic E-state index is 11.9. The molecule has 1 N–H and O–H groups in total. The van der Waals surface area contributed by atoms with Crippen LogP contribution in [0.2, 0.25) is 0 Å². The number of allylic oxidation sites excluding steroid dienone is 2. The largest absolute Gasteiger partial charge is 0.356 e. The van der Waals surface area contributed by atoms with Gasteiger partial charge in [0.15, 0.2) is 0 Å². The van der Waals surface area contributed by atoms with E-state index in [9.17, 15) is 4.79 Å². The molecular weight excluding hydrogens is 336 g/mol. The lowest BCUT2D eigenvalue weighted by molar-refractivity contribution is -0.121.